The van der Waals surface area contributed by atoms with Crippen molar-refractivity contribution >= 4 is 11.8 Å². The van der Waals surface area contributed by atoms with Crippen LogP contribution in [0.25, 0.3) is 0 Å². The molecule has 0 radical (unpaired) electrons. The van der Waals surface area contributed by atoms with Crippen LogP contribution in [0, 0.1) is 11.2 Å². The maximum atomic E-state index is 13.7. The standard InChI is InChI=1S/C13H19FN4/c14-10-9-16-12(15)17-11(10)18-7-5-13(6-8-18)3-1-2-4-13/h9H,1-8H2,(H2,15,16,17). The van der Waals surface area contributed by atoms with Crippen LogP contribution in [-0.2, 0) is 0 Å². The lowest BCUT2D eigenvalue weighted by Crippen LogP contribution is -2.39. The molecule has 0 bridgehead atoms. The van der Waals surface area contributed by atoms with E-state index < -0.39 is 0 Å². The minimum Gasteiger partial charge on any atom is -0.368 e. The van der Waals surface area contributed by atoms with Gasteiger partial charge in [-0.05, 0) is 31.1 Å². The summed E-state index contributed by atoms with van der Waals surface area (Å²) in [5, 5.41) is 0. The lowest BCUT2D eigenvalue weighted by molar-refractivity contribution is 0.225. The van der Waals surface area contributed by atoms with Crippen LogP contribution < -0.4 is 10.6 Å². The van der Waals surface area contributed by atoms with Crippen LogP contribution in [0.15, 0.2) is 6.20 Å². The third-order valence-corrected chi connectivity index (χ3v) is 4.53. The SMILES string of the molecule is Nc1ncc(F)c(N2CCC3(CCCC3)CC2)n1. The first-order chi connectivity index (χ1) is 8.69. The van der Waals surface area contributed by atoms with E-state index in [1.165, 1.54) is 25.7 Å². The van der Waals surface area contributed by atoms with E-state index in [0.717, 1.165) is 32.1 Å². The van der Waals surface area contributed by atoms with Crippen molar-refractivity contribution in [3.05, 3.63) is 12.0 Å². The van der Waals surface area contributed by atoms with Gasteiger partial charge in [-0.2, -0.15) is 4.98 Å². The highest BCUT2D eigenvalue weighted by atomic mass is 19.1. The molecule has 18 heavy (non-hydrogen) atoms. The Balaban J connectivity index is 1.74. The molecule has 4 nitrogen and oxygen atoms in total. The van der Waals surface area contributed by atoms with E-state index in [1.54, 1.807) is 0 Å². The second kappa shape index (κ2) is 4.37. The quantitative estimate of drug-likeness (QED) is 0.831. The van der Waals surface area contributed by atoms with Gasteiger partial charge in [-0.3, -0.25) is 0 Å². The molecule has 1 aromatic heterocycles. The predicted molar refractivity (Wildman–Crippen MR) is 68.8 cm³/mol. The number of halogens is 1. The van der Waals surface area contributed by atoms with E-state index in [0.29, 0.717) is 11.2 Å². The van der Waals surface area contributed by atoms with Gasteiger partial charge < -0.3 is 10.6 Å². The van der Waals surface area contributed by atoms with Gasteiger partial charge in [0, 0.05) is 13.1 Å². The molecular weight excluding hydrogens is 231 g/mol. The third kappa shape index (κ3) is 2.02. The number of rotatable bonds is 1. The molecule has 0 unspecified atom stereocenters. The highest BCUT2D eigenvalue weighted by Gasteiger charge is 2.37. The van der Waals surface area contributed by atoms with E-state index in [9.17, 15) is 4.39 Å². The summed E-state index contributed by atoms with van der Waals surface area (Å²) in [5.41, 5.74) is 6.07. The van der Waals surface area contributed by atoms with Crippen molar-refractivity contribution in [1.29, 1.82) is 0 Å². The summed E-state index contributed by atoms with van der Waals surface area (Å²) in [6, 6.07) is 0. The van der Waals surface area contributed by atoms with Crippen LogP contribution in [0.2, 0.25) is 0 Å². The molecule has 2 heterocycles. The summed E-state index contributed by atoms with van der Waals surface area (Å²) in [6.45, 7) is 1.76. The summed E-state index contributed by atoms with van der Waals surface area (Å²) < 4.78 is 13.7. The van der Waals surface area contributed by atoms with Gasteiger partial charge in [0.1, 0.15) is 0 Å². The average molecular weight is 250 g/mol. The van der Waals surface area contributed by atoms with E-state index in [-0.39, 0.29) is 11.8 Å². The number of nitrogens with zero attached hydrogens (tertiary/aromatic N) is 3. The van der Waals surface area contributed by atoms with Crippen molar-refractivity contribution < 1.29 is 4.39 Å². The van der Waals surface area contributed by atoms with E-state index in [4.69, 9.17) is 5.73 Å². The number of hydrogen-bond acceptors (Lipinski definition) is 4. The minimum absolute atomic E-state index is 0.146. The molecule has 2 aliphatic rings. The summed E-state index contributed by atoms with van der Waals surface area (Å²) in [5.74, 6) is 0.148. The molecule has 2 N–H and O–H groups in total. The minimum atomic E-state index is -0.369. The molecule has 1 aliphatic carbocycles. The molecule has 1 saturated heterocycles. The maximum absolute atomic E-state index is 13.7. The number of aromatic nitrogens is 2. The zero-order valence-corrected chi connectivity index (χ0v) is 10.5. The molecule has 3 rings (SSSR count). The third-order valence-electron chi connectivity index (χ3n) is 4.53. The molecule has 1 spiro atoms. The van der Waals surface area contributed by atoms with Gasteiger partial charge in [-0.15, -0.1) is 0 Å². The van der Waals surface area contributed by atoms with Crippen molar-refractivity contribution in [3.8, 4) is 0 Å². The normalized spacial score (nSPS) is 22.6. The fourth-order valence-corrected chi connectivity index (χ4v) is 3.41. The Hall–Kier alpha value is -1.39. The number of anilines is 2. The zero-order chi connectivity index (χ0) is 12.6. The van der Waals surface area contributed by atoms with Gasteiger partial charge in [-0.25, -0.2) is 9.37 Å². The molecule has 5 heteroatoms. The van der Waals surface area contributed by atoms with Gasteiger partial charge in [0.15, 0.2) is 11.6 Å². The molecule has 0 amide bonds. The van der Waals surface area contributed by atoms with E-state index in [1.807, 2.05) is 4.90 Å². The van der Waals surface area contributed by atoms with Gasteiger partial charge in [0.2, 0.25) is 5.95 Å². The molecular formula is C13H19FN4. The molecule has 0 aromatic carbocycles. The Morgan fingerprint density at radius 3 is 2.50 bits per heavy atom. The summed E-state index contributed by atoms with van der Waals surface area (Å²) in [7, 11) is 0. The fraction of sp³-hybridized carbons (Fsp3) is 0.692. The zero-order valence-electron chi connectivity index (χ0n) is 10.5. The highest BCUT2D eigenvalue weighted by molar-refractivity contribution is 5.43. The van der Waals surface area contributed by atoms with Crippen LogP contribution in [0.1, 0.15) is 38.5 Å². The Labute approximate surface area is 106 Å². The van der Waals surface area contributed by atoms with Crippen LogP contribution >= 0.6 is 0 Å². The molecule has 1 aromatic rings. The van der Waals surface area contributed by atoms with Crippen LogP contribution in [0.3, 0.4) is 0 Å². The van der Waals surface area contributed by atoms with Crippen LogP contribution in [0.5, 0.6) is 0 Å². The number of nitrogens with two attached hydrogens (primary N) is 1. The first kappa shape index (κ1) is 11.7. The monoisotopic (exact) mass is 250 g/mol. The summed E-state index contributed by atoms with van der Waals surface area (Å²) in [6.07, 6.45) is 8.86. The van der Waals surface area contributed by atoms with Gasteiger partial charge in [-0.1, -0.05) is 12.8 Å². The lowest BCUT2D eigenvalue weighted by Gasteiger charge is -2.39. The van der Waals surface area contributed by atoms with Crippen molar-refractivity contribution in [2.45, 2.75) is 38.5 Å². The average Bonchev–Trinajstić information content (AvgIpc) is 2.82. The number of nitrogen functional groups attached to an aromatic ring is 1. The molecule has 2 fully saturated rings. The van der Waals surface area contributed by atoms with Gasteiger partial charge >= 0.3 is 0 Å². The van der Waals surface area contributed by atoms with Crippen molar-refractivity contribution in [3.63, 3.8) is 0 Å². The Bertz CT molecular complexity index is 433. The van der Waals surface area contributed by atoms with Crippen molar-refractivity contribution in [1.82, 2.24) is 9.97 Å². The molecule has 1 aliphatic heterocycles. The topological polar surface area (TPSA) is 55.0 Å². The van der Waals surface area contributed by atoms with Crippen LogP contribution in [-0.4, -0.2) is 23.1 Å². The Morgan fingerprint density at radius 2 is 1.83 bits per heavy atom. The largest absolute Gasteiger partial charge is 0.368 e. The molecule has 0 atom stereocenters. The summed E-state index contributed by atoms with van der Waals surface area (Å²) >= 11 is 0. The van der Waals surface area contributed by atoms with Crippen LogP contribution in [0.4, 0.5) is 16.2 Å². The highest BCUT2D eigenvalue weighted by Crippen LogP contribution is 2.46. The predicted octanol–water partition coefficient (Wildman–Crippen LogP) is 2.36. The maximum Gasteiger partial charge on any atom is 0.222 e. The smallest absolute Gasteiger partial charge is 0.222 e. The van der Waals surface area contributed by atoms with E-state index in [2.05, 4.69) is 9.97 Å². The number of piperidine rings is 1. The molecule has 98 valence electrons. The Morgan fingerprint density at radius 1 is 1.17 bits per heavy atom. The van der Waals surface area contributed by atoms with Crippen molar-refractivity contribution in [2.24, 2.45) is 5.41 Å². The lowest BCUT2D eigenvalue weighted by atomic mass is 9.77. The second-order valence-electron chi connectivity index (χ2n) is 5.59. The van der Waals surface area contributed by atoms with Crippen molar-refractivity contribution in [2.75, 3.05) is 23.7 Å². The second-order valence-corrected chi connectivity index (χ2v) is 5.59. The van der Waals surface area contributed by atoms with Gasteiger partial charge in [0.25, 0.3) is 0 Å². The number of hydrogen-bond donors (Lipinski definition) is 1. The molecule has 1 saturated carbocycles. The summed E-state index contributed by atoms with van der Waals surface area (Å²) in [4.78, 5) is 9.71. The van der Waals surface area contributed by atoms with E-state index >= 15 is 0 Å². The Kier molecular flexibility index (Phi) is 2.84. The fourth-order valence-electron chi connectivity index (χ4n) is 3.41. The first-order valence-corrected chi connectivity index (χ1v) is 6.72. The first-order valence-electron chi connectivity index (χ1n) is 6.72. The van der Waals surface area contributed by atoms with Gasteiger partial charge in [0.05, 0.1) is 6.20 Å².